The fourth-order valence-electron chi connectivity index (χ4n) is 2.63. The largest absolute Gasteiger partial charge is 0.465 e. The van der Waals surface area contributed by atoms with Gasteiger partial charge in [-0.25, -0.2) is 0 Å². The average molecular weight is 311 g/mol. The van der Waals surface area contributed by atoms with E-state index in [1.54, 1.807) is 0 Å². The van der Waals surface area contributed by atoms with E-state index in [0.29, 0.717) is 12.6 Å². The van der Waals surface area contributed by atoms with Crippen molar-refractivity contribution in [3.8, 4) is 0 Å². The molecule has 0 spiro atoms. The van der Waals surface area contributed by atoms with E-state index in [1.165, 1.54) is 38.5 Å². The van der Waals surface area contributed by atoms with Gasteiger partial charge in [-0.15, -0.1) is 0 Å². The van der Waals surface area contributed by atoms with E-state index in [9.17, 15) is 4.79 Å². The summed E-state index contributed by atoms with van der Waals surface area (Å²) in [6.07, 6.45) is 12.5. The molecule has 3 nitrogen and oxygen atoms in total. The van der Waals surface area contributed by atoms with Gasteiger partial charge in [-0.3, -0.25) is 4.79 Å². The standard InChI is InChI=1S/C7H12Cl2O.C7H12O2/c8-7(9)10-6-4-2-1-3-5-6;8-6-9-7-4-2-1-3-5-7/h6-7H,1-5H2;6-7H,1-5H2. The van der Waals surface area contributed by atoms with Crippen LogP contribution in [0.3, 0.4) is 0 Å². The van der Waals surface area contributed by atoms with E-state index in [4.69, 9.17) is 32.7 Å². The summed E-state index contributed by atoms with van der Waals surface area (Å²) in [6.45, 7) is 0.565. The molecule has 5 heteroatoms. The molecule has 0 atom stereocenters. The van der Waals surface area contributed by atoms with Gasteiger partial charge in [0.05, 0.1) is 6.10 Å². The molecule has 2 fully saturated rings. The number of rotatable bonds is 4. The van der Waals surface area contributed by atoms with E-state index in [2.05, 4.69) is 0 Å². The van der Waals surface area contributed by atoms with Gasteiger partial charge in [0.15, 0.2) is 0 Å². The summed E-state index contributed by atoms with van der Waals surface area (Å²) >= 11 is 10.9. The monoisotopic (exact) mass is 310 g/mol. The lowest BCUT2D eigenvalue weighted by Gasteiger charge is -2.22. The second kappa shape index (κ2) is 10.8. The zero-order valence-electron chi connectivity index (χ0n) is 11.4. The molecule has 0 aliphatic heterocycles. The first-order chi connectivity index (χ1) is 9.22. The topological polar surface area (TPSA) is 35.5 Å². The van der Waals surface area contributed by atoms with Crippen LogP contribution in [0.4, 0.5) is 0 Å². The van der Waals surface area contributed by atoms with E-state index in [-0.39, 0.29) is 6.10 Å². The Labute approximate surface area is 125 Å². The summed E-state index contributed by atoms with van der Waals surface area (Å²) in [5, 5.41) is -0.636. The molecule has 0 aromatic carbocycles. The van der Waals surface area contributed by atoms with Gasteiger partial charge in [0.2, 0.25) is 5.02 Å². The summed E-state index contributed by atoms with van der Waals surface area (Å²) in [7, 11) is 0. The lowest BCUT2D eigenvalue weighted by molar-refractivity contribution is -0.134. The maximum Gasteiger partial charge on any atom is 0.293 e. The Bertz CT molecular complexity index is 225. The predicted octanol–water partition coefficient (Wildman–Crippen LogP) is 4.59. The van der Waals surface area contributed by atoms with Crippen molar-refractivity contribution in [3.05, 3.63) is 0 Å². The minimum absolute atomic E-state index is 0.233. The van der Waals surface area contributed by atoms with Crippen molar-refractivity contribution >= 4 is 29.7 Å². The van der Waals surface area contributed by atoms with Crippen molar-refractivity contribution in [1.29, 1.82) is 0 Å². The third-order valence-electron chi connectivity index (χ3n) is 3.65. The maximum atomic E-state index is 9.85. The van der Waals surface area contributed by atoms with Crippen LogP contribution in [0.5, 0.6) is 0 Å². The predicted molar refractivity (Wildman–Crippen MR) is 77.5 cm³/mol. The molecule has 0 bridgehead atoms. The molecule has 2 aliphatic carbocycles. The van der Waals surface area contributed by atoms with Crippen LogP contribution in [0.2, 0.25) is 0 Å². The van der Waals surface area contributed by atoms with Crippen molar-refractivity contribution in [3.63, 3.8) is 0 Å². The third-order valence-corrected chi connectivity index (χ3v) is 3.85. The zero-order valence-corrected chi connectivity index (χ0v) is 12.9. The lowest BCUT2D eigenvalue weighted by Crippen LogP contribution is -2.18. The van der Waals surface area contributed by atoms with Gasteiger partial charge < -0.3 is 9.47 Å². The van der Waals surface area contributed by atoms with Crippen molar-refractivity contribution in [2.75, 3.05) is 0 Å². The minimum atomic E-state index is -0.636. The molecule has 0 aromatic rings. The highest BCUT2D eigenvalue weighted by Crippen LogP contribution is 2.23. The number of carbonyl (C=O) groups excluding carboxylic acids is 1. The molecule has 112 valence electrons. The van der Waals surface area contributed by atoms with E-state index in [1.807, 2.05) is 0 Å². The molecule has 0 heterocycles. The second-order valence-electron chi connectivity index (χ2n) is 5.15. The molecule has 0 saturated heterocycles. The quantitative estimate of drug-likeness (QED) is 0.563. The smallest absolute Gasteiger partial charge is 0.293 e. The number of ether oxygens (including phenoxy) is 2. The number of alkyl halides is 2. The molecule has 0 radical (unpaired) electrons. The fraction of sp³-hybridized carbons (Fsp3) is 0.929. The summed E-state index contributed by atoms with van der Waals surface area (Å²) in [5.74, 6) is 0. The Hall–Kier alpha value is 0.01000. The Morgan fingerprint density at radius 1 is 0.842 bits per heavy atom. The van der Waals surface area contributed by atoms with Crippen LogP contribution >= 0.6 is 23.2 Å². The first-order valence-corrected chi connectivity index (χ1v) is 8.12. The van der Waals surface area contributed by atoms with Crippen LogP contribution in [0, 0.1) is 0 Å². The van der Waals surface area contributed by atoms with E-state index in [0.717, 1.165) is 25.7 Å². The highest BCUT2D eigenvalue weighted by molar-refractivity contribution is 6.43. The van der Waals surface area contributed by atoms with Crippen LogP contribution in [0.1, 0.15) is 64.2 Å². The van der Waals surface area contributed by atoms with Gasteiger partial charge in [0.25, 0.3) is 6.47 Å². The minimum Gasteiger partial charge on any atom is -0.465 e. The van der Waals surface area contributed by atoms with Crippen LogP contribution in [0.15, 0.2) is 0 Å². The van der Waals surface area contributed by atoms with E-state index < -0.39 is 5.02 Å². The Kier molecular flexibility index (Phi) is 9.66. The highest BCUT2D eigenvalue weighted by Gasteiger charge is 2.15. The average Bonchev–Trinajstić information content (AvgIpc) is 2.41. The van der Waals surface area contributed by atoms with Crippen LogP contribution in [-0.2, 0) is 14.3 Å². The van der Waals surface area contributed by atoms with Crippen LogP contribution in [-0.4, -0.2) is 23.7 Å². The summed E-state index contributed by atoms with van der Waals surface area (Å²) in [6, 6.07) is 0. The molecular weight excluding hydrogens is 287 g/mol. The van der Waals surface area contributed by atoms with Crippen molar-refractivity contribution < 1.29 is 14.3 Å². The van der Waals surface area contributed by atoms with Gasteiger partial charge >= 0.3 is 0 Å². The fourth-order valence-corrected chi connectivity index (χ4v) is 2.92. The first-order valence-electron chi connectivity index (χ1n) is 7.25. The Morgan fingerprint density at radius 2 is 1.32 bits per heavy atom. The Morgan fingerprint density at radius 3 is 1.74 bits per heavy atom. The molecule has 19 heavy (non-hydrogen) atoms. The molecule has 2 rings (SSSR count). The van der Waals surface area contributed by atoms with Gasteiger partial charge in [-0.05, 0) is 38.5 Å². The Balaban J connectivity index is 0.000000191. The molecule has 0 unspecified atom stereocenters. The summed E-state index contributed by atoms with van der Waals surface area (Å²) in [4.78, 5) is 9.85. The summed E-state index contributed by atoms with van der Waals surface area (Å²) in [5.41, 5.74) is 0. The van der Waals surface area contributed by atoms with Gasteiger partial charge in [-0.1, -0.05) is 48.9 Å². The first kappa shape index (κ1) is 17.1. The van der Waals surface area contributed by atoms with E-state index >= 15 is 0 Å². The number of hydrogen-bond donors (Lipinski definition) is 0. The lowest BCUT2D eigenvalue weighted by atomic mass is 9.98. The maximum absolute atomic E-state index is 9.85. The van der Waals surface area contributed by atoms with Crippen molar-refractivity contribution in [2.24, 2.45) is 0 Å². The van der Waals surface area contributed by atoms with Crippen molar-refractivity contribution in [1.82, 2.24) is 0 Å². The van der Waals surface area contributed by atoms with Crippen molar-refractivity contribution in [2.45, 2.75) is 81.4 Å². The highest BCUT2D eigenvalue weighted by atomic mass is 35.5. The molecule has 0 N–H and O–H groups in total. The van der Waals surface area contributed by atoms with Gasteiger partial charge in [0.1, 0.15) is 6.10 Å². The van der Waals surface area contributed by atoms with Crippen LogP contribution in [0.25, 0.3) is 0 Å². The molecule has 0 aromatic heterocycles. The number of halogens is 2. The number of carbonyl (C=O) groups is 1. The third kappa shape index (κ3) is 8.72. The second-order valence-corrected chi connectivity index (χ2v) is 6.17. The molecule has 2 aliphatic rings. The molecule has 2 saturated carbocycles. The van der Waals surface area contributed by atoms with Gasteiger partial charge in [0, 0.05) is 0 Å². The van der Waals surface area contributed by atoms with Gasteiger partial charge in [-0.2, -0.15) is 0 Å². The van der Waals surface area contributed by atoms with Crippen LogP contribution < -0.4 is 0 Å². The summed E-state index contributed by atoms with van der Waals surface area (Å²) < 4.78 is 10.0. The number of hydrogen-bond acceptors (Lipinski definition) is 3. The normalized spacial score (nSPS) is 21.6. The zero-order chi connectivity index (χ0) is 13.9. The SMILES string of the molecule is ClC(Cl)OC1CCCCC1.O=COC1CCCCC1. The molecular formula is C14H24Cl2O3. The molecule has 0 amide bonds.